The number of nitrogens with zero attached hydrogens (tertiary/aromatic N) is 1. The average Bonchev–Trinajstić information content (AvgIpc) is 2.71. The first kappa shape index (κ1) is 18.9. The van der Waals surface area contributed by atoms with Crippen molar-refractivity contribution in [2.45, 2.75) is 19.4 Å². The van der Waals surface area contributed by atoms with E-state index in [1.54, 1.807) is 0 Å². The molecule has 0 aliphatic carbocycles. The molecule has 4 rings (SSSR count). The molecule has 0 spiro atoms. The van der Waals surface area contributed by atoms with Crippen molar-refractivity contribution in [3.05, 3.63) is 77.1 Å². The van der Waals surface area contributed by atoms with Gasteiger partial charge in [-0.05, 0) is 53.9 Å². The lowest BCUT2D eigenvalue weighted by molar-refractivity contribution is -0.121. The van der Waals surface area contributed by atoms with E-state index in [-0.39, 0.29) is 16.8 Å². The number of hydrogen-bond donors (Lipinski definition) is 1. The van der Waals surface area contributed by atoms with Gasteiger partial charge in [0.15, 0.2) is 0 Å². The Kier molecular flexibility index (Phi) is 5.60. The Morgan fingerprint density at radius 2 is 1.96 bits per heavy atom. The number of carbonyl (C=O) groups excluding carboxylic acids is 1. The van der Waals surface area contributed by atoms with Crippen LogP contribution in [0.2, 0.25) is 5.02 Å². The van der Waals surface area contributed by atoms with Crippen LogP contribution in [0.1, 0.15) is 18.4 Å². The second kappa shape index (κ2) is 8.29. The molecular weight excluding hydrogens is 375 g/mol. The van der Waals surface area contributed by atoms with E-state index in [0.717, 1.165) is 25.9 Å². The van der Waals surface area contributed by atoms with E-state index >= 15 is 0 Å². The Balaban J connectivity index is 1.43. The molecule has 0 radical (unpaired) electrons. The van der Waals surface area contributed by atoms with Crippen molar-refractivity contribution in [2.75, 3.05) is 18.4 Å². The molecule has 1 atom stereocenters. The fourth-order valence-electron chi connectivity index (χ4n) is 3.90. The number of carbonyl (C=O) groups is 1. The van der Waals surface area contributed by atoms with Crippen LogP contribution in [-0.4, -0.2) is 23.9 Å². The van der Waals surface area contributed by atoms with Crippen molar-refractivity contribution in [1.82, 2.24) is 4.90 Å². The summed E-state index contributed by atoms with van der Waals surface area (Å²) >= 11 is 5.81. The van der Waals surface area contributed by atoms with Crippen LogP contribution >= 0.6 is 11.6 Å². The van der Waals surface area contributed by atoms with Crippen molar-refractivity contribution < 1.29 is 9.18 Å². The maximum absolute atomic E-state index is 13.3. The fourth-order valence-corrected chi connectivity index (χ4v) is 4.08. The largest absolute Gasteiger partial charge is 0.326 e. The molecule has 5 heteroatoms. The highest BCUT2D eigenvalue weighted by molar-refractivity contribution is 6.31. The molecule has 1 unspecified atom stereocenters. The highest BCUT2D eigenvalue weighted by Gasteiger charge is 2.26. The number of fused-ring (bicyclic) bond motifs is 1. The molecule has 1 heterocycles. The lowest BCUT2D eigenvalue weighted by Gasteiger charge is -2.32. The highest BCUT2D eigenvalue weighted by atomic mass is 35.5. The van der Waals surface area contributed by atoms with Gasteiger partial charge in [0.1, 0.15) is 5.82 Å². The first-order chi connectivity index (χ1) is 13.6. The number of halogens is 2. The Morgan fingerprint density at radius 1 is 1.14 bits per heavy atom. The van der Waals surface area contributed by atoms with Crippen LogP contribution in [0.5, 0.6) is 0 Å². The van der Waals surface area contributed by atoms with Crippen molar-refractivity contribution in [2.24, 2.45) is 5.92 Å². The lowest BCUT2D eigenvalue weighted by atomic mass is 9.96. The smallest absolute Gasteiger partial charge is 0.228 e. The van der Waals surface area contributed by atoms with Crippen LogP contribution in [-0.2, 0) is 11.3 Å². The third kappa shape index (κ3) is 4.18. The van der Waals surface area contributed by atoms with Crippen molar-refractivity contribution in [1.29, 1.82) is 0 Å². The van der Waals surface area contributed by atoms with E-state index in [1.165, 1.54) is 34.5 Å². The van der Waals surface area contributed by atoms with Gasteiger partial charge >= 0.3 is 0 Å². The van der Waals surface area contributed by atoms with Gasteiger partial charge in [-0.3, -0.25) is 9.69 Å². The van der Waals surface area contributed by atoms with E-state index < -0.39 is 5.82 Å². The average molecular weight is 397 g/mol. The minimum absolute atomic E-state index is 0.0130. The number of anilines is 1. The molecule has 0 bridgehead atoms. The topological polar surface area (TPSA) is 32.3 Å². The van der Waals surface area contributed by atoms with Gasteiger partial charge in [0.25, 0.3) is 0 Å². The molecule has 1 amide bonds. The zero-order valence-corrected chi connectivity index (χ0v) is 16.3. The third-order valence-electron chi connectivity index (χ3n) is 5.34. The number of hydrogen-bond acceptors (Lipinski definition) is 2. The SMILES string of the molecule is O=C(Nc1ccc(F)c(Cl)c1)C1CCCN(Cc2cccc3ccccc23)C1. The summed E-state index contributed by atoms with van der Waals surface area (Å²) in [5, 5.41) is 5.39. The zero-order valence-electron chi connectivity index (χ0n) is 15.5. The van der Waals surface area contributed by atoms with Crippen LogP contribution in [0.3, 0.4) is 0 Å². The molecule has 1 saturated heterocycles. The summed E-state index contributed by atoms with van der Waals surface area (Å²) in [5.74, 6) is -0.614. The second-order valence-corrected chi connectivity index (χ2v) is 7.74. The summed E-state index contributed by atoms with van der Waals surface area (Å²) in [6.45, 7) is 2.52. The number of rotatable bonds is 4. The van der Waals surface area contributed by atoms with Crippen molar-refractivity contribution in [3.8, 4) is 0 Å². The quantitative estimate of drug-likeness (QED) is 0.633. The van der Waals surface area contributed by atoms with Crippen LogP contribution < -0.4 is 5.32 Å². The zero-order chi connectivity index (χ0) is 19.5. The summed E-state index contributed by atoms with van der Waals surface area (Å²) in [6.07, 6.45) is 1.83. The lowest BCUT2D eigenvalue weighted by Crippen LogP contribution is -2.40. The first-order valence-corrected chi connectivity index (χ1v) is 9.93. The first-order valence-electron chi connectivity index (χ1n) is 9.55. The molecule has 0 saturated carbocycles. The maximum atomic E-state index is 13.3. The summed E-state index contributed by atoms with van der Waals surface area (Å²) < 4.78 is 13.3. The van der Waals surface area contributed by atoms with Crippen LogP contribution in [0.15, 0.2) is 60.7 Å². The second-order valence-electron chi connectivity index (χ2n) is 7.33. The van der Waals surface area contributed by atoms with Crippen LogP contribution in [0, 0.1) is 11.7 Å². The number of benzene rings is 3. The minimum atomic E-state index is -0.487. The van der Waals surface area contributed by atoms with Gasteiger partial charge in [-0.15, -0.1) is 0 Å². The highest BCUT2D eigenvalue weighted by Crippen LogP contribution is 2.25. The molecule has 1 N–H and O–H groups in total. The van der Waals surface area contributed by atoms with E-state index in [2.05, 4.69) is 52.7 Å². The number of nitrogens with one attached hydrogen (secondary N) is 1. The maximum Gasteiger partial charge on any atom is 0.228 e. The van der Waals surface area contributed by atoms with Crippen molar-refractivity contribution >= 4 is 34.0 Å². The van der Waals surface area contributed by atoms with E-state index in [1.807, 2.05) is 0 Å². The number of amides is 1. The van der Waals surface area contributed by atoms with E-state index in [4.69, 9.17) is 11.6 Å². The minimum Gasteiger partial charge on any atom is -0.326 e. The summed E-state index contributed by atoms with van der Waals surface area (Å²) in [4.78, 5) is 15.0. The molecule has 1 aliphatic rings. The molecule has 28 heavy (non-hydrogen) atoms. The molecule has 1 aliphatic heterocycles. The van der Waals surface area contributed by atoms with E-state index in [0.29, 0.717) is 12.2 Å². The molecule has 0 aromatic heterocycles. The Bertz CT molecular complexity index is 1000. The normalized spacial score (nSPS) is 17.6. The van der Waals surface area contributed by atoms with Crippen LogP contribution in [0.25, 0.3) is 10.8 Å². The molecular formula is C23H22ClFN2O. The van der Waals surface area contributed by atoms with Gasteiger partial charge in [-0.25, -0.2) is 4.39 Å². The van der Waals surface area contributed by atoms with E-state index in [9.17, 15) is 9.18 Å². The van der Waals surface area contributed by atoms with Gasteiger partial charge in [0.2, 0.25) is 5.91 Å². The molecule has 3 nitrogen and oxygen atoms in total. The van der Waals surface area contributed by atoms with Gasteiger partial charge < -0.3 is 5.32 Å². The molecule has 144 valence electrons. The van der Waals surface area contributed by atoms with Gasteiger partial charge in [-0.1, -0.05) is 54.1 Å². The fraction of sp³-hybridized carbons (Fsp3) is 0.261. The van der Waals surface area contributed by atoms with Crippen molar-refractivity contribution in [3.63, 3.8) is 0 Å². The molecule has 3 aromatic carbocycles. The summed E-state index contributed by atoms with van der Waals surface area (Å²) in [5.41, 5.74) is 1.81. The number of piperidine rings is 1. The Labute approximate surface area is 169 Å². The predicted octanol–water partition coefficient (Wildman–Crippen LogP) is 5.48. The molecule has 3 aromatic rings. The molecule has 1 fully saturated rings. The van der Waals surface area contributed by atoms with Gasteiger partial charge in [0, 0.05) is 18.8 Å². The monoisotopic (exact) mass is 396 g/mol. The summed E-state index contributed by atoms with van der Waals surface area (Å²) in [7, 11) is 0. The Morgan fingerprint density at radius 3 is 2.82 bits per heavy atom. The van der Waals surface area contributed by atoms with Gasteiger partial charge in [-0.2, -0.15) is 0 Å². The Hall–Kier alpha value is -2.43. The van der Waals surface area contributed by atoms with Crippen LogP contribution in [0.4, 0.5) is 10.1 Å². The third-order valence-corrected chi connectivity index (χ3v) is 5.63. The standard InChI is InChI=1S/C23H22ClFN2O/c24-21-13-19(10-11-22(21)25)26-23(28)18-8-4-12-27(15-18)14-17-7-3-6-16-5-1-2-9-20(16)17/h1-3,5-7,9-11,13,18H,4,8,12,14-15H2,(H,26,28). The predicted molar refractivity (Wildman–Crippen MR) is 112 cm³/mol. The number of likely N-dealkylation sites (tertiary alicyclic amines) is 1. The summed E-state index contributed by atoms with van der Waals surface area (Å²) in [6, 6.07) is 19.0. The van der Waals surface area contributed by atoms with Gasteiger partial charge in [0.05, 0.1) is 10.9 Å².